The van der Waals surface area contributed by atoms with Crippen LogP contribution in [0, 0.1) is 5.92 Å². The van der Waals surface area contributed by atoms with Gasteiger partial charge in [0.1, 0.15) is 0 Å². The van der Waals surface area contributed by atoms with Crippen LogP contribution in [0.25, 0.3) is 0 Å². The van der Waals surface area contributed by atoms with Crippen molar-refractivity contribution in [3.05, 3.63) is 30.1 Å². The molecule has 1 aliphatic carbocycles. The number of carbonyl (C=O) groups is 1. The van der Waals surface area contributed by atoms with E-state index < -0.39 is 0 Å². The number of amides is 1. The predicted octanol–water partition coefficient (Wildman–Crippen LogP) is -0.0178. The molecular formula is C12H18N4O. The molecule has 1 aromatic heterocycles. The molecule has 0 aromatic carbocycles. The summed E-state index contributed by atoms with van der Waals surface area (Å²) in [4.78, 5) is 11.7. The van der Waals surface area contributed by atoms with Gasteiger partial charge in [0.05, 0.1) is 12.1 Å². The van der Waals surface area contributed by atoms with Crippen molar-refractivity contribution in [3.8, 4) is 0 Å². The van der Waals surface area contributed by atoms with Crippen molar-refractivity contribution in [2.45, 2.75) is 18.9 Å². The molecule has 1 aromatic rings. The van der Waals surface area contributed by atoms with Crippen LogP contribution in [0.3, 0.4) is 0 Å². The lowest BCUT2D eigenvalue weighted by Gasteiger charge is -2.09. The van der Waals surface area contributed by atoms with Crippen LogP contribution in [0.15, 0.2) is 24.5 Å². The minimum Gasteiger partial charge on any atom is -0.355 e. The number of rotatable bonds is 4. The third kappa shape index (κ3) is 3.17. The Morgan fingerprint density at radius 2 is 2.47 bits per heavy atom. The first-order valence-electron chi connectivity index (χ1n) is 5.84. The Balaban J connectivity index is 1.72. The van der Waals surface area contributed by atoms with Gasteiger partial charge < -0.3 is 11.1 Å². The summed E-state index contributed by atoms with van der Waals surface area (Å²) in [5.41, 5.74) is 6.84. The zero-order valence-electron chi connectivity index (χ0n) is 9.97. The number of hydrogen-bond donors (Lipinski definition) is 2. The second-order valence-electron chi connectivity index (χ2n) is 4.45. The molecule has 92 valence electrons. The molecule has 0 aliphatic heterocycles. The lowest BCUT2D eigenvalue weighted by atomic mass is 10.1. The standard InChI is InChI=1S/C12H18N4O/c1-16-8-9(7-15-16)4-5-14-12(17)10-2-3-11(13)6-10/h2-3,7-8,10-11H,4-6,13H2,1H3,(H,14,17). The zero-order chi connectivity index (χ0) is 12.3. The van der Waals surface area contributed by atoms with E-state index in [9.17, 15) is 4.79 Å². The fourth-order valence-corrected chi connectivity index (χ4v) is 1.98. The highest BCUT2D eigenvalue weighted by Gasteiger charge is 2.21. The average Bonchev–Trinajstić information content (AvgIpc) is 2.88. The van der Waals surface area contributed by atoms with Crippen LogP contribution in [0.5, 0.6) is 0 Å². The molecule has 0 fully saturated rings. The Labute approximate surface area is 101 Å². The summed E-state index contributed by atoms with van der Waals surface area (Å²) in [6.07, 6.45) is 9.09. The first kappa shape index (κ1) is 11.9. The van der Waals surface area contributed by atoms with Gasteiger partial charge in [0.2, 0.25) is 5.91 Å². The number of nitrogens with zero attached hydrogens (tertiary/aromatic N) is 2. The first-order chi connectivity index (χ1) is 8.15. The van der Waals surface area contributed by atoms with Crippen molar-refractivity contribution in [2.24, 2.45) is 18.7 Å². The summed E-state index contributed by atoms with van der Waals surface area (Å²) in [6, 6.07) is 0.0315. The van der Waals surface area contributed by atoms with Crippen LogP contribution < -0.4 is 11.1 Å². The number of hydrogen-bond acceptors (Lipinski definition) is 3. The van der Waals surface area contributed by atoms with Gasteiger partial charge in [-0.15, -0.1) is 0 Å². The Hall–Kier alpha value is -1.62. The largest absolute Gasteiger partial charge is 0.355 e. The summed E-state index contributed by atoms with van der Waals surface area (Å²) >= 11 is 0. The molecular weight excluding hydrogens is 216 g/mol. The quantitative estimate of drug-likeness (QED) is 0.719. The Kier molecular flexibility index (Phi) is 3.58. The number of carbonyl (C=O) groups excluding carboxylic acids is 1. The van der Waals surface area contributed by atoms with E-state index in [1.165, 1.54) is 0 Å². The zero-order valence-corrected chi connectivity index (χ0v) is 9.97. The summed E-state index contributed by atoms with van der Waals surface area (Å²) in [7, 11) is 1.88. The Morgan fingerprint density at radius 3 is 3.06 bits per heavy atom. The molecule has 5 heteroatoms. The second kappa shape index (κ2) is 5.14. The van der Waals surface area contributed by atoms with Gasteiger partial charge in [-0.1, -0.05) is 12.2 Å². The molecule has 5 nitrogen and oxygen atoms in total. The number of aryl methyl sites for hydroxylation is 1. The van der Waals surface area contributed by atoms with E-state index in [1.54, 1.807) is 4.68 Å². The predicted molar refractivity (Wildman–Crippen MR) is 65.1 cm³/mol. The van der Waals surface area contributed by atoms with Crippen LogP contribution in [-0.4, -0.2) is 28.3 Å². The molecule has 0 spiro atoms. The molecule has 0 bridgehead atoms. The summed E-state index contributed by atoms with van der Waals surface area (Å²) < 4.78 is 1.76. The van der Waals surface area contributed by atoms with Crippen molar-refractivity contribution in [2.75, 3.05) is 6.54 Å². The lowest BCUT2D eigenvalue weighted by Crippen LogP contribution is -2.32. The van der Waals surface area contributed by atoms with Gasteiger partial charge in [-0.05, 0) is 18.4 Å². The fourth-order valence-electron chi connectivity index (χ4n) is 1.98. The van der Waals surface area contributed by atoms with Gasteiger partial charge >= 0.3 is 0 Å². The highest BCUT2D eigenvalue weighted by molar-refractivity contribution is 5.81. The van der Waals surface area contributed by atoms with Gasteiger partial charge in [0, 0.05) is 25.8 Å². The molecule has 1 aliphatic rings. The lowest BCUT2D eigenvalue weighted by molar-refractivity contribution is -0.123. The van der Waals surface area contributed by atoms with Crippen LogP contribution in [0.4, 0.5) is 0 Å². The molecule has 1 amide bonds. The maximum atomic E-state index is 11.7. The SMILES string of the molecule is Cn1cc(CCNC(=O)C2C=CC(N)C2)cn1. The number of nitrogens with two attached hydrogens (primary N) is 1. The molecule has 2 rings (SSSR count). The number of aromatic nitrogens is 2. The molecule has 0 radical (unpaired) electrons. The van der Waals surface area contributed by atoms with Crippen LogP contribution in [-0.2, 0) is 18.3 Å². The minimum atomic E-state index is -0.0566. The van der Waals surface area contributed by atoms with Gasteiger partial charge in [-0.3, -0.25) is 9.48 Å². The highest BCUT2D eigenvalue weighted by Crippen LogP contribution is 2.16. The molecule has 2 atom stereocenters. The molecule has 3 N–H and O–H groups in total. The van der Waals surface area contributed by atoms with Crippen molar-refractivity contribution in [3.63, 3.8) is 0 Å². The summed E-state index contributed by atoms with van der Waals surface area (Å²) in [5.74, 6) is 0.0111. The monoisotopic (exact) mass is 234 g/mol. The molecule has 2 unspecified atom stereocenters. The molecule has 17 heavy (non-hydrogen) atoms. The summed E-state index contributed by atoms with van der Waals surface area (Å²) in [6.45, 7) is 0.643. The van der Waals surface area contributed by atoms with Crippen molar-refractivity contribution in [1.29, 1.82) is 0 Å². The van der Waals surface area contributed by atoms with Gasteiger partial charge in [0.25, 0.3) is 0 Å². The van der Waals surface area contributed by atoms with Gasteiger partial charge in [0.15, 0.2) is 0 Å². The molecule has 0 saturated carbocycles. The van der Waals surface area contributed by atoms with Crippen molar-refractivity contribution in [1.82, 2.24) is 15.1 Å². The van der Waals surface area contributed by atoms with Gasteiger partial charge in [-0.2, -0.15) is 5.10 Å². The van der Waals surface area contributed by atoms with Gasteiger partial charge in [-0.25, -0.2) is 0 Å². The third-order valence-corrected chi connectivity index (χ3v) is 2.92. The van der Waals surface area contributed by atoms with Crippen LogP contribution in [0.2, 0.25) is 0 Å². The first-order valence-corrected chi connectivity index (χ1v) is 5.84. The summed E-state index contributed by atoms with van der Waals surface area (Å²) in [5, 5.41) is 7.00. The van der Waals surface area contributed by atoms with Crippen molar-refractivity contribution >= 4 is 5.91 Å². The van der Waals surface area contributed by atoms with E-state index in [0.717, 1.165) is 18.4 Å². The molecule has 1 heterocycles. The van der Waals surface area contributed by atoms with E-state index in [4.69, 9.17) is 5.73 Å². The van der Waals surface area contributed by atoms with E-state index in [1.807, 2.05) is 31.6 Å². The van der Waals surface area contributed by atoms with Crippen LogP contribution >= 0.6 is 0 Å². The molecule has 0 saturated heterocycles. The van der Waals surface area contributed by atoms with E-state index in [-0.39, 0.29) is 17.9 Å². The van der Waals surface area contributed by atoms with Crippen LogP contribution in [0.1, 0.15) is 12.0 Å². The maximum absolute atomic E-state index is 11.7. The maximum Gasteiger partial charge on any atom is 0.227 e. The average molecular weight is 234 g/mol. The fraction of sp³-hybridized carbons (Fsp3) is 0.500. The third-order valence-electron chi connectivity index (χ3n) is 2.92. The number of nitrogens with one attached hydrogen (secondary N) is 1. The highest BCUT2D eigenvalue weighted by atomic mass is 16.1. The van der Waals surface area contributed by atoms with E-state index in [2.05, 4.69) is 10.4 Å². The Bertz CT molecular complexity index is 424. The van der Waals surface area contributed by atoms with Crippen molar-refractivity contribution < 1.29 is 4.79 Å². The Morgan fingerprint density at radius 1 is 1.65 bits per heavy atom. The minimum absolute atomic E-state index is 0.0315. The van der Waals surface area contributed by atoms with E-state index >= 15 is 0 Å². The smallest absolute Gasteiger partial charge is 0.227 e. The van der Waals surface area contributed by atoms with E-state index in [0.29, 0.717) is 6.54 Å². The topological polar surface area (TPSA) is 72.9 Å². The second-order valence-corrected chi connectivity index (χ2v) is 4.45. The normalized spacial score (nSPS) is 22.9.